The third-order valence-electron chi connectivity index (χ3n) is 2.52. The molecule has 2 nitrogen and oxygen atoms in total. The van der Waals surface area contributed by atoms with Gasteiger partial charge in [-0.05, 0) is 36.6 Å². The summed E-state index contributed by atoms with van der Waals surface area (Å²) < 4.78 is 13.6. The molecule has 0 saturated carbocycles. The van der Waals surface area contributed by atoms with E-state index < -0.39 is 11.7 Å². The van der Waals surface area contributed by atoms with Crippen LogP contribution in [0.4, 0.5) is 10.1 Å². The molecule has 0 aromatic heterocycles. The van der Waals surface area contributed by atoms with E-state index in [9.17, 15) is 9.18 Å². The van der Waals surface area contributed by atoms with E-state index in [1.54, 1.807) is 17.8 Å². The highest BCUT2D eigenvalue weighted by atomic mass is 35.5. The number of thioether (sulfide) groups is 1. The summed E-state index contributed by atoms with van der Waals surface area (Å²) in [5.74, 6) is -1.19. The number of carbonyl (C=O) groups excluding carboxylic acids is 1. The van der Waals surface area contributed by atoms with Crippen LogP contribution < -0.4 is 5.32 Å². The summed E-state index contributed by atoms with van der Waals surface area (Å²) in [6, 6.07) is 11.5. The van der Waals surface area contributed by atoms with Gasteiger partial charge in [0.25, 0.3) is 5.91 Å². The Morgan fingerprint density at radius 3 is 2.68 bits per heavy atom. The summed E-state index contributed by atoms with van der Waals surface area (Å²) in [5.41, 5.74) is 0.467. The van der Waals surface area contributed by atoms with E-state index in [4.69, 9.17) is 11.6 Å². The lowest BCUT2D eigenvalue weighted by molar-refractivity contribution is 0.102. The first-order valence-corrected chi connectivity index (χ1v) is 7.11. The van der Waals surface area contributed by atoms with E-state index in [1.165, 1.54) is 18.2 Å². The van der Waals surface area contributed by atoms with Crippen molar-refractivity contribution in [2.45, 2.75) is 4.90 Å². The van der Waals surface area contributed by atoms with Crippen molar-refractivity contribution >= 4 is 35.0 Å². The Morgan fingerprint density at radius 2 is 2.00 bits per heavy atom. The molecule has 0 unspecified atom stereocenters. The largest absolute Gasteiger partial charge is 0.322 e. The Balaban J connectivity index is 2.26. The minimum Gasteiger partial charge on any atom is -0.322 e. The molecule has 0 aliphatic heterocycles. The predicted molar refractivity (Wildman–Crippen MR) is 77.6 cm³/mol. The zero-order valence-corrected chi connectivity index (χ0v) is 11.7. The first-order chi connectivity index (χ1) is 9.11. The van der Waals surface area contributed by atoms with Crippen LogP contribution in [-0.4, -0.2) is 12.2 Å². The van der Waals surface area contributed by atoms with Crippen molar-refractivity contribution in [1.82, 2.24) is 0 Å². The molecule has 98 valence electrons. The maximum Gasteiger partial charge on any atom is 0.260 e. The number of hydrogen-bond donors (Lipinski definition) is 1. The Kier molecular flexibility index (Phi) is 4.45. The van der Waals surface area contributed by atoms with Gasteiger partial charge in [0.15, 0.2) is 0 Å². The summed E-state index contributed by atoms with van der Waals surface area (Å²) in [7, 11) is 0. The molecule has 0 bridgehead atoms. The number of amides is 1. The lowest BCUT2D eigenvalue weighted by atomic mass is 10.2. The van der Waals surface area contributed by atoms with Crippen molar-refractivity contribution in [2.24, 2.45) is 0 Å². The van der Waals surface area contributed by atoms with Crippen LogP contribution in [0, 0.1) is 5.82 Å². The molecule has 0 atom stereocenters. The Bertz CT molecular complexity index is 598. The lowest BCUT2D eigenvalue weighted by Gasteiger charge is -2.08. The number of benzene rings is 2. The zero-order valence-electron chi connectivity index (χ0n) is 10.1. The fourth-order valence-corrected chi connectivity index (χ4v) is 2.32. The van der Waals surface area contributed by atoms with Crippen LogP contribution in [0.1, 0.15) is 10.4 Å². The van der Waals surface area contributed by atoms with Gasteiger partial charge in [0, 0.05) is 10.6 Å². The van der Waals surface area contributed by atoms with E-state index in [1.807, 2.05) is 24.5 Å². The number of halogens is 2. The standard InChI is InChI=1S/C14H11ClFNOS/c1-19-10-5-2-4-9(8-10)17-14(18)13-11(15)6-3-7-12(13)16/h2-8H,1H3,(H,17,18). The molecule has 5 heteroatoms. The summed E-state index contributed by atoms with van der Waals surface area (Å²) in [4.78, 5) is 13.0. The highest BCUT2D eigenvalue weighted by Crippen LogP contribution is 2.22. The van der Waals surface area contributed by atoms with Gasteiger partial charge >= 0.3 is 0 Å². The van der Waals surface area contributed by atoms with Gasteiger partial charge in [0.05, 0.1) is 10.6 Å². The van der Waals surface area contributed by atoms with Crippen LogP contribution in [0.2, 0.25) is 5.02 Å². The average molecular weight is 296 g/mol. The zero-order chi connectivity index (χ0) is 13.8. The van der Waals surface area contributed by atoms with Crippen molar-refractivity contribution in [2.75, 3.05) is 11.6 Å². The number of anilines is 1. The van der Waals surface area contributed by atoms with E-state index >= 15 is 0 Å². The highest BCUT2D eigenvalue weighted by Gasteiger charge is 2.15. The van der Waals surface area contributed by atoms with Crippen molar-refractivity contribution in [1.29, 1.82) is 0 Å². The van der Waals surface area contributed by atoms with Gasteiger partial charge in [-0.25, -0.2) is 4.39 Å². The molecular formula is C14H11ClFNOS. The van der Waals surface area contributed by atoms with Crippen molar-refractivity contribution in [3.05, 3.63) is 58.9 Å². The molecule has 0 aliphatic carbocycles. The molecule has 0 aliphatic rings. The van der Waals surface area contributed by atoms with Gasteiger partial charge in [-0.15, -0.1) is 11.8 Å². The molecule has 2 aromatic carbocycles. The Hall–Kier alpha value is -1.52. The van der Waals surface area contributed by atoms with Crippen LogP contribution in [-0.2, 0) is 0 Å². The van der Waals surface area contributed by atoms with Gasteiger partial charge in [0.2, 0.25) is 0 Å². The van der Waals surface area contributed by atoms with Gasteiger partial charge in [-0.3, -0.25) is 4.79 Å². The molecule has 0 radical (unpaired) electrons. The monoisotopic (exact) mass is 295 g/mol. The third-order valence-corrected chi connectivity index (χ3v) is 3.56. The normalized spacial score (nSPS) is 10.3. The molecule has 2 aromatic rings. The molecule has 19 heavy (non-hydrogen) atoms. The Morgan fingerprint density at radius 1 is 1.26 bits per heavy atom. The highest BCUT2D eigenvalue weighted by molar-refractivity contribution is 7.98. The molecular weight excluding hydrogens is 285 g/mol. The maximum atomic E-state index is 13.6. The van der Waals surface area contributed by atoms with Crippen molar-refractivity contribution in [3.63, 3.8) is 0 Å². The molecule has 1 amide bonds. The quantitative estimate of drug-likeness (QED) is 0.847. The van der Waals surface area contributed by atoms with Gasteiger partial charge < -0.3 is 5.32 Å². The van der Waals surface area contributed by atoms with Crippen LogP contribution in [0.3, 0.4) is 0 Å². The fourth-order valence-electron chi connectivity index (χ4n) is 1.61. The fraction of sp³-hybridized carbons (Fsp3) is 0.0714. The van der Waals surface area contributed by atoms with E-state index in [0.29, 0.717) is 5.69 Å². The first kappa shape index (κ1) is 13.9. The van der Waals surface area contributed by atoms with Crippen LogP contribution >= 0.6 is 23.4 Å². The number of hydrogen-bond acceptors (Lipinski definition) is 2. The molecule has 1 N–H and O–H groups in total. The van der Waals surface area contributed by atoms with Gasteiger partial charge in [-0.2, -0.15) is 0 Å². The second kappa shape index (κ2) is 6.08. The minimum atomic E-state index is -0.633. The average Bonchev–Trinajstić information content (AvgIpc) is 2.38. The van der Waals surface area contributed by atoms with Crippen LogP contribution in [0.15, 0.2) is 47.4 Å². The van der Waals surface area contributed by atoms with Gasteiger partial charge in [-0.1, -0.05) is 23.7 Å². The minimum absolute atomic E-state index is 0.0959. The first-order valence-electron chi connectivity index (χ1n) is 5.51. The topological polar surface area (TPSA) is 29.1 Å². The van der Waals surface area contributed by atoms with Crippen LogP contribution in [0.25, 0.3) is 0 Å². The second-order valence-electron chi connectivity index (χ2n) is 3.78. The third kappa shape index (κ3) is 3.28. The van der Waals surface area contributed by atoms with Crippen molar-refractivity contribution < 1.29 is 9.18 Å². The van der Waals surface area contributed by atoms with Crippen molar-refractivity contribution in [3.8, 4) is 0 Å². The van der Waals surface area contributed by atoms with Gasteiger partial charge in [0.1, 0.15) is 5.82 Å². The second-order valence-corrected chi connectivity index (χ2v) is 5.07. The molecule has 2 rings (SSSR count). The summed E-state index contributed by atoms with van der Waals surface area (Å²) in [6.45, 7) is 0. The molecule has 0 heterocycles. The smallest absolute Gasteiger partial charge is 0.260 e. The van der Waals surface area contributed by atoms with E-state index in [2.05, 4.69) is 5.32 Å². The molecule has 0 fully saturated rings. The molecule has 0 spiro atoms. The number of nitrogens with one attached hydrogen (secondary N) is 1. The van der Waals surface area contributed by atoms with E-state index in [0.717, 1.165) is 4.90 Å². The van der Waals surface area contributed by atoms with Crippen LogP contribution in [0.5, 0.6) is 0 Å². The SMILES string of the molecule is CSc1cccc(NC(=O)c2c(F)cccc2Cl)c1. The lowest BCUT2D eigenvalue weighted by Crippen LogP contribution is -2.14. The maximum absolute atomic E-state index is 13.6. The number of carbonyl (C=O) groups is 1. The Labute approximate surface area is 120 Å². The number of rotatable bonds is 3. The predicted octanol–water partition coefficient (Wildman–Crippen LogP) is 4.45. The summed E-state index contributed by atoms with van der Waals surface area (Å²) >= 11 is 7.40. The summed E-state index contributed by atoms with van der Waals surface area (Å²) in [5, 5.41) is 2.73. The van der Waals surface area contributed by atoms with E-state index in [-0.39, 0.29) is 10.6 Å². The summed E-state index contributed by atoms with van der Waals surface area (Å²) in [6.07, 6.45) is 1.94. The molecule has 0 saturated heterocycles.